The zero-order chi connectivity index (χ0) is 15.6. The van der Waals surface area contributed by atoms with Crippen LogP contribution in [0.3, 0.4) is 0 Å². The van der Waals surface area contributed by atoms with E-state index in [1.165, 1.54) is 0 Å². The van der Waals surface area contributed by atoms with Crippen LogP contribution in [0.5, 0.6) is 0 Å². The first-order valence-corrected chi connectivity index (χ1v) is 7.78. The Morgan fingerprint density at radius 3 is 2.48 bits per heavy atom. The Morgan fingerprint density at radius 1 is 1.33 bits per heavy atom. The van der Waals surface area contributed by atoms with Gasteiger partial charge in [-0.25, -0.2) is 0 Å². The highest BCUT2D eigenvalue weighted by molar-refractivity contribution is 9.10. The lowest BCUT2D eigenvalue weighted by Crippen LogP contribution is -2.54. The van der Waals surface area contributed by atoms with E-state index in [-0.39, 0.29) is 23.7 Å². The highest BCUT2D eigenvalue weighted by atomic mass is 79.9. The molecule has 1 aliphatic rings. The standard InChI is InChI=1S/C16H20BrNO3/c1-10(2)16(9-21-3)8-13(19)18-15(20)14(16)11-4-6-12(17)7-5-11/h4-7,10,14H,8-9H2,1-3H3,(H,18,19,20). The van der Waals surface area contributed by atoms with Crippen LogP contribution >= 0.6 is 15.9 Å². The molecule has 0 aliphatic carbocycles. The van der Waals surface area contributed by atoms with Crippen molar-refractivity contribution in [3.05, 3.63) is 34.3 Å². The van der Waals surface area contributed by atoms with Crippen molar-refractivity contribution in [1.29, 1.82) is 0 Å². The van der Waals surface area contributed by atoms with Crippen LogP contribution < -0.4 is 5.32 Å². The van der Waals surface area contributed by atoms with Crippen LogP contribution in [0.25, 0.3) is 0 Å². The maximum absolute atomic E-state index is 12.5. The van der Waals surface area contributed by atoms with Gasteiger partial charge in [-0.05, 0) is 23.6 Å². The Kier molecular flexibility index (Phi) is 4.84. The predicted molar refractivity (Wildman–Crippen MR) is 83.8 cm³/mol. The molecule has 2 amide bonds. The average Bonchev–Trinajstić information content (AvgIpc) is 2.40. The summed E-state index contributed by atoms with van der Waals surface area (Å²) in [5.41, 5.74) is 0.399. The minimum absolute atomic E-state index is 0.140. The molecule has 2 rings (SSSR count). The number of benzene rings is 1. The van der Waals surface area contributed by atoms with E-state index >= 15 is 0 Å². The van der Waals surface area contributed by atoms with Gasteiger partial charge in [-0.2, -0.15) is 0 Å². The Bertz CT molecular complexity index is 541. The van der Waals surface area contributed by atoms with Crippen molar-refractivity contribution < 1.29 is 14.3 Å². The normalized spacial score (nSPS) is 26.0. The molecule has 1 fully saturated rings. The molecule has 1 aromatic carbocycles. The molecule has 2 unspecified atom stereocenters. The van der Waals surface area contributed by atoms with Crippen molar-refractivity contribution in [2.75, 3.05) is 13.7 Å². The Labute approximate surface area is 133 Å². The molecule has 5 heteroatoms. The molecule has 2 atom stereocenters. The molecular weight excluding hydrogens is 334 g/mol. The van der Waals surface area contributed by atoms with E-state index in [1.807, 2.05) is 38.1 Å². The molecule has 1 aromatic rings. The number of imide groups is 1. The van der Waals surface area contributed by atoms with E-state index in [0.29, 0.717) is 13.0 Å². The lowest BCUT2D eigenvalue weighted by Gasteiger charge is -2.45. The van der Waals surface area contributed by atoms with Gasteiger partial charge in [0.05, 0.1) is 12.5 Å². The molecule has 4 nitrogen and oxygen atoms in total. The first kappa shape index (κ1) is 16.2. The van der Waals surface area contributed by atoms with Crippen molar-refractivity contribution >= 4 is 27.7 Å². The number of ether oxygens (including phenoxy) is 1. The van der Waals surface area contributed by atoms with Crippen LogP contribution in [-0.4, -0.2) is 25.5 Å². The molecule has 0 saturated carbocycles. The number of carbonyl (C=O) groups excluding carboxylic acids is 2. The lowest BCUT2D eigenvalue weighted by molar-refractivity contribution is -0.145. The SMILES string of the molecule is COCC1(C(C)C)CC(=O)NC(=O)C1c1ccc(Br)cc1. The van der Waals surface area contributed by atoms with Crippen LogP contribution in [0.4, 0.5) is 0 Å². The van der Waals surface area contributed by atoms with Gasteiger partial charge in [-0.3, -0.25) is 14.9 Å². The first-order valence-electron chi connectivity index (χ1n) is 6.99. The molecule has 0 bridgehead atoms. The average molecular weight is 354 g/mol. The van der Waals surface area contributed by atoms with Gasteiger partial charge in [0, 0.05) is 23.4 Å². The second-order valence-corrected chi connectivity index (χ2v) is 6.81. The summed E-state index contributed by atoms with van der Waals surface area (Å²) in [4.78, 5) is 24.4. The predicted octanol–water partition coefficient (Wildman–Crippen LogP) is 2.87. The van der Waals surface area contributed by atoms with Gasteiger partial charge < -0.3 is 4.74 Å². The van der Waals surface area contributed by atoms with Crippen LogP contribution in [0.2, 0.25) is 0 Å². The molecule has 1 N–H and O–H groups in total. The smallest absolute Gasteiger partial charge is 0.234 e. The summed E-state index contributed by atoms with van der Waals surface area (Å²) in [5, 5.41) is 2.47. The van der Waals surface area contributed by atoms with Crippen LogP contribution in [0, 0.1) is 11.3 Å². The molecular formula is C16H20BrNO3. The Morgan fingerprint density at radius 2 is 1.95 bits per heavy atom. The first-order chi connectivity index (χ1) is 9.90. The van der Waals surface area contributed by atoms with E-state index in [1.54, 1.807) is 7.11 Å². The minimum Gasteiger partial charge on any atom is -0.384 e. The number of methoxy groups -OCH3 is 1. The number of carbonyl (C=O) groups is 2. The van der Waals surface area contributed by atoms with Gasteiger partial charge in [0.2, 0.25) is 11.8 Å². The molecule has 1 aliphatic heterocycles. The van der Waals surface area contributed by atoms with E-state index in [0.717, 1.165) is 10.0 Å². The number of hydrogen-bond donors (Lipinski definition) is 1. The van der Waals surface area contributed by atoms with Gasteiger partial charge in [-0.1, -0.05) is 41.9 Å². The molecule has 0 radical (unpaired) electrons. The lowest BCUT2D eigenvalue weighted by atomic mass is 9.61. The zero-order valence-electron chi connectivity index (χ0n) is 12.5. The fourth-order valence-corrected chi connectivity index (χ4v) is 3.43. The summed E-state index contributed by atoms with van der Waals surface area (Å²) < 4.78 is 6.34. The highest BCUT2D eigenvalue weighted by Crippen LogP contribution is 2.47. The second kappa shape index (κ2) is 6.28. The summed E-state index contributed by atoms with van der Waals surface area (Å²) in [5.74, 6) is -0.706. The van der Waals surface area contributed by atoms with Gasteiger partial charge >= 0.3 is 0 Å². The summed E-state index contributed by atoms with van der Waals surface area (Å²) >= 11 is 3.40. The van der Waals surface area contributed by atoms with Gasteiger partial charge in [-0.15, -0.1) is 0 Å². The quantitative estimate of drug-likeness (QED) is 0.846. The molecule has 1 heterocycles. The number of hydrogen-bond acceptors (Lipinski definition) is 3. The fraction of sp³-hybridized carbons (Fsp3) is 0.500. The molecule has 1 saturated heterocycles. The van der Waals surface area contributed by atoms with Gasteiger partial charge in [0.15, 0.2) is 0 Å². The summed E-state index contributed by atoms with van der Waals surface area (Å²) in [7, 11) is 1.61. The van der Waals surface area contributed by atoms with E-state index in [2.05, 4.69) is 21.2 Å². The molecule has 0 spiro atoms. The third-order valence-electron chi connectivity index (χ3n) is 4.36. The third kappa shape index (κ3) is 3.04. The molecule has 21 heavy (non-hydrogen) atoms. The minimum atomic E-state index is -0.512. The highest BCUT2D eigenvalue weighted by Gasteiger charge is 2.51. The number of amides is 2. The van der Waals surface area contributed by atoms with Crippen LogP contribution in [-0.2, 0) is 14.3 Å². The van der Waals surface area contributed by atoms with Crippen molar-refractivity contribution in [3.8, 4) is 0 Å². The van der Waals surface area contributed by atoms with Crippen molar-refractivity contribution in [2.45, 2.75) is 26.2 Å². The number of nitrogens with one attached hydrogen (secondary N) is 1. The fourth-order valence-electron chi connectivity index (χ4n) is 3.16. The topological polar surface area (TPSA) is 55.4 Å². The van der Waals surface area contributed by atoms with E-state index < -0.39 is 5.41 Å². The molecule has 114 valence electrons. The monoisotopic (exact) mass is 353 g/mol. The van der Waals surface area contributed by atoms with E-state index in [4.69, 9.17) is 4.74 Å². The maximum Gasteiger partial charge on any atom is 0.234 e. The summed E-state index contributed by atoms with van der Waals surface area (Å²) in [6.45, 7) is 4.46. The van der Waals surface area contributed by atoms with Gasteiger partial charge in [0.1, 0.15) is 0 Å². The Balaban J connectivity index is 2.52. The second-order valence-electron chi connectivity index (χ2n) is 5.89. The van der Waals surface area contributed by atoms with Crippen molar-refractivity contribution in [3.63, 3.8) is 0 Å². The number of halogens is 1. The van der Waals surface area contributed by atoms with Gasteiger partial charge in [0.25, 0.3) is 0 Å². The largest absolute Gasteiger partial charge is 0.384 e. The number of rotatable bonds is 4. The van der Waals surface area contributed by atoms with Crippen molar-refractivity contribution in [1.82, 2.24) is 5.32 Å². The molecule has 0 aromatic heterocycles. The zero-order valence-corrected chi connectivity index (χ0v) is 14.1. The number of piperidine rings is 1. The van der Waals surface area contributed by atoms with Crippen LogP contribution in [0.15, 0.2) is 28.7 Å². The maximum atomic E-state index is 12.5. The van der Waals surface area contributed by atoms with Crippen LogP contribution in [0.1, 0.15) is 31.7 Å². The van der Waals surface area contributed by atoms with E-state index in [9.17, 15) is 9.59 Å². The third-order valence-corrected chi connectivity index (χ3v) is 4.88. The summed E-state index contributed by atoms with van der Waals surface area (Å²) in [6.07, 6.45) is 0.297. The van der Waals surface area contributed by atoms with Crippen molar-refractivity contribution in [2.24, 2.45) is 11.3 Å². The summed E-state index contributed by atoms with van der Waals surface area (Å²) in [6, 6.07) is 7.68. The Hall–Kier alpha value is -1.20.